The SMILES string of the molecule is COc1ccc(-c2cc(=O)oc3c4c(ccc23)OCN(c2ccc(F)c(Cl)c2)C4)cc1. The highest BCUT2D eigenvalue weighted by Crippen LogP contribution is 2.37. The van der Waals surface area contributed by atoms with Gasteiger partial charge in [0, 0.05) is 17.1 Å². The summed E-state index contributed by atoms with van der Waals surface area (Å²) in [4.78, 5) is 14.3. The van der Waals surface area contributed by atoms with E-state index < -0.39 is 11.4 Å². The van der Waals surface area contributed by atoms with Crippen molar-refractivity contribution in [3.63, 3.8) is 0 Å². The molecule has 7 heteroatoms. The summed E-state index contributed by atoms with van der Waals surface area (Å²) in [6, 6.07) is 17.2. The summed E-state index contributed by atoms with van der Waals surface area (Å²) in [7, 11) is 1.61. The molecule has 1 aromatic heterocycles. The molecule has 2 heterocycles. The average molecular weight is 438 g/mol. The lowest BCUT2D eigenvalue weighted by Gasteiger charge is -2.31. The molecule has 0 radical (unpaired) electrons. The van der Waals surface area contributed by atoms with Gasteiger partial charge in [-0.05, 0) is 53.6 Å². The Balaban J connectivity index is 1.62. The van der Waals surface area contributed by atoms with Crippen LogP contribution in [0.4, 0.5) is 10.1 Å². The van der Waals surface area contributed by atoms with E-state index in [0.29, 0.717) is 23.6 Å². The minimum atomic E-state index is -0.482. The second kappa shape index (κ2) is 7.63. The maximum Gasteiger partial charge on any atom is 0.336 e. The van der Waals surface area contributed by atoms with Crippen LogP contribution in [0.15, 0.2) is 69.9 Å². The molecule has 0 aliphatic carbocycles. The molecule has 4 aromatic rings. The van der Waals surface area contributed by atoms with E-state index in [4.69, 9.17) is 25.5 Å². The normalized spacial score (nSPS) is 13.1. The highest BCUT2D eigenvalue weighted by Gasteiger charge is 2.23. The first-order valence-electron chi connectivity index (χ1n) is 9.60. The van der Waals surface area contributed by atoms with Gasteiger partial charge in [0.05, 0.1) is 24.2 Å². The quantitative estimate of drug-likeness (QED) is 0.389. The minimum Gasteiger partial charge on any atom is -0.497 e. The van der Waals surface area contributed by atoms with Crippen LogP contribution in [0.2, 0.25) is 5.02 Å². The van der Waals surface area contributed by atoms with Crippen molar-refractivity contribution in [3.05, 3.63) is 87.5 Å². The highest BCUT2D eigenvalue weighted by molar-refractivity contribution is 6.31. The molecule has 0 atom stereocenters. The average Bonchev–Trinajstić information content (AvgIpc) is 2.80. The summed E-state index contributed by atoms with van der Waals surface area (Å²) in [5.74, 6) is 0.895. The van der Waals surface area contributed by atoms with Crippen molar-refractivity contribution >= 4 is 28.3 Å². The Morgan fingerprint density at radius 1 is 1.06 bits per heavy atom. The third-order valence-corrected chi connectivity index (χ3v) is 5.66. The molecule has 0 fully saturated rings. The van der Waals surface area contributed by atoms with Gasteiger partial charge in [-0.2, -0.15) is 0 Å². The Hall–Kier alpha value is -3.51. The highest BCUT2D eigenvalue weighted by atomic mass is 35.5. The number of fused-ring (bicyclic) bond motifs is 3. The van der Waals surface area contributed by atoms with Gasteiger partial charge in [-0.15, -0.1) is 0 Å². The first-order chi connectivity index (χ1) is 15.0. The molecule has 0 saturated carbocycles. The van der Waals surface area contributed by atoms with Crippen molar-refractivity contribution < 1.29 is 18.3 Å². The zero-order valence-corrected chi connectivity index (χ0v) is 17.3. The summed E-state index contributed by atoms with van der Waals surface area (Å²) in [6.07, 6.45) is 0. The fourth-order valence-electron chi connectivity index (χ4n) is 3.79. The predicted octanol–water partition coefficient (Wildman–Crippen LogP) is 5.62. The molecule has 0 bridgehead atoms. The third kappa shape index (κ3) is 3.49. The standard InChI is InChI=1S/C24H17ClFNO4/c1-29-16-5-2-14(3-6-16)18-11-23(28)31-24-17(18)7-9-22-19(24)12-27(13-30-22)15-4-8-21(26)20(25)10-15/h2-11H,12-13H2,1H3. The van der Waals surface area contributed by atoms with Crippen molar-refractivity contribution in [2.45, 2.75) is 6.54 Å². The molecule has 0 unspecified atom stereocenters. The van der Waals surface area contributed by atoms with Gasteiger partial charge in [-0.1, -0.05) is 23.7 Å². The molecule has 5 nitrogen and oxygen atoms in total. The second-order valence-electron chi connectivity index (χ2n) is 7.20. The number of nitrogens with zero attached hydrogens (tertiary/aromatic N) is 1. The number of methoxy groups -OCH3 is 1. The number of rotatable bonds is 3. The number of anilines is 1. The Morgan fingerprint density at radius 3 is 2.61 bits per heavy atom. The maximum absolute atomic E-state index is 13.6. The van der Waals surface area contributed by atoms with Crippen molar-refractivity contribution in [2.24, 2.45) is 0 Å². The molecule has 5 rings (SSSR count). The van der Waals surface area contributed by atoms with Crippen LogP contribution in [0.5, 0.6) is 11.5 Å². The number of benzene rings is 3. The molecule has 0 spiro atoms. The molecule has 3 aromatic carbocycles. The number of ether oxygens (including phenoxy) is 2. The summed E-state index contributed by atoms with van der Waals surface area (Å²) in [5.41, 5.74) is 3.11. The van der Waals surface area contributed by atoms with Crippen LogP contribution in [0.25, 0.3) is 22.1 Å². The molecular formula is C24H17ClFNO4. The van der Waals surface area contributed by atoms with E-state index in [2.05, 4.69) is 0 Å². The first kappa shape index (κ1) is 19.5. The van der Waals surface area contributed by atoms with E-state index in [0.717, 1.165) is 27.8 Å². The lowest BCUT2D eigenvalue weighted by Crippen LogP contribution is -2.32. The van der Waals surface area contributed by atoms with Gasteiger partial charge in [0.15, 0.2) is 6.73 Å². The van der Waals surface area contributed by atoms with Gasteiger partial charge in [0.1, 0.15) is 22.9 Å². The zero-order valence-electron chi connectivity index (χ0n) is 16.5. The zero-order chi connectivity index (χ0) is 21.5. The van der Waals surface area contributed by atoms with Crippen LogP contribution in [0, 0.1) is 5.82 Å². The molecule has 0 N–H and O–H groups in total. The number of hydrogen-bond acceptors (Lipinski definition) is 5. The second-order valence-corrected chi connectivity index (χ2v) is 7.60. The minimum absolute atomic E-state index is 0.0366. The van der Waals surface area contributed by atoms with Crippen LogP contribution in [-0.4, -0.2) is 13.8 Å². The molecule has 156 valence electrons. The Bertz CT molecular complexity index is 1350. The van der Waals surface area contributed by atoms with Crippen LogP contribution in [-0.2, 0) is 6.54 Å². The molecule has 1 aliphatic heterocycles. The van der Waals surface area contributed by atoms with E-state index in [1.807, 2.05) is 41.3 Å². The van der Waals surface area contributed by atoms with Crippen molar-refractivity contribution in [1.29, 1.82) is 0 Å². The number of halogens is 2. The topological polar surface area (TPSA) is 51.9 Å². The van der Waals surface area contributed by atoms with Crippen LogP contribution in [0.3, 0.4) is 0 Å². The Morgan fingerprint density at radius 2 is 1.87 bits per heavy atom. The maximum atomic E-state index is 13.6. The van der Waals surface area contributed by atoms with Crippen molar-refractivity contribution in [2.75, 3.05) is 18.7 Å². The Kier molecular flexibility index (Phi) is 4.79. The van der Waals surface area contributed by atoms with E-state index in [1.54, 1.807) is 19.2 Å². The predicted molar refractivity (Wildman–Crippen MR) is 118 cm³/mol. The summed E-state index contributed by atoms with van der Waals surface area (Å²) < 4.78 is 30.3. The smallest absolute Gasteiger partial charge is 0.336 e. The van der Waals surface area contributed by atoms with E-state index >= 15 is 0 Å². The molecule has 0 amide bonds. The number of hydrogen-bond donors (Lipinski definition) is 0. The van der Waals surface area contributed by atoms with Crippen molar-refractivity contribution in [3.8, 4) is 22.6 Å². The van der Waals surface area contributed by atoms with Gasteiger partial charge in [0.25, 0.3) is 0 Å². The van der Waals surface area contributed by atoms with Gasteiger partial charge < -0.3 is 18.8 Å². The largest absolute Gasteiger partial charge is 0.497 e. The first-order valence-corrected chi connectivity index (χ1v) is 9.98. The third-order valence-electron chi connectivity index (χ3n) is 5.37. The van der Waals surface area contributed by atoms with E-state index in [1.165, 1.54) is 12.1 Å². The van der Waals surface area contributed by atoms with Gasteiger partial charge >= 0.3 is 5.63 Å². The van der Waals surface area contributed by atoms with E-state index in [9.17, 15) is 9.18 Å². The monoisotopic (exact) mass is 437 g/mol. The lowest BCUT2D eigenvalue weighted by atomic mass is 9.99. The summed E-state index contributed by atoms with van der Waals surface area (Å²) >= 11 is 5.95. The van der Waals surface area contributed by atoms with Crippen LogP contribution in [0.1, 0.15) is 5.56 Å². The lowest BCUT2D eigenvalue weighted by molar-refractivity contribution is 0.289. The van der Waals surface area contributed by atoms with Gasteiger partial charge in [-0.3, -0.25) is 0 Å². The summed E-state index contributed by atoms with van der Waals surface area (Å²) in [5, 5.41) is 0.834. The molecular weight excluding hydrogens is 421 g/mol. The fourth-order valence-corrected chi connectivity index (χ4v) is 3.96. The van der Waals surface area contributed by atoms with Gasteiger partial charge in [-0.25, -0.2) is 9.18 Å². The molecule has 0 saturated heterocycles. The Labute approximate surface area is 182 Å². The summed E-state index contributed by atoms with van der Waals surface area (Å²) in [6.45, 7) is 0.687. The van der Waals surface area contributed by atoms with Crippen molar-refractivity contribution in [1.82, 2.24) is 0 Å². The molecule has 31 heavy (non-hydrogen) atoms. The van der Waals surface area contributed by atoms with Crippen LogP contribution < -0.4 is 20.0 Å². The molecule has 1 aliphatic rings. The fraction of sp³-hybridized carbons (Fsp3) is 0.125. The van der Waals surface area contributed by atoms with Crippen LogP contribution >= 0.6 is 11.6 Å². The van der Waals surface area contributed by atoms with Gasteiger partial charge in [0.2, 0.25) is 0 Å². The van der Waals surface area contributed by atoms with E-state index in [-0.39, 0.29) is 11.8 Å².